The van der Waals surface area contributed by atoms with Gasteiger partial charge >= 0.3 is 0 Å². The Morgan fingerprint density at radius 1 is 1.48 bits per heavy atom. The van der Waals surface area contributed by atoms with Crippen LogP contribution in [0.1, 0.15) is 21.9 Å². The maximum absolute atomic E-state index is 12.5. The van der Waals surface area contributed by atoms with Gasteiger partial charge in [0, 0.05) is 37.3 Å². The SMILES string of the molecule is COc1cccnc1C(=O)N1CCC(Cc2nccs2)C1. The molecule has 0 radical (unpaired) electrons. The molecule has 6 heteroatoms. The molecule has 3 rings (SSSR count). The molecule has 2 aromatic rings. The van der Waals surface area contributed by atoms with E-state index in [4.69, 9.17) is 4.74 Å². The highest BCUT2D eigenvalue weighted by molar-refractivity contribution is 7.09. The molecule has 1 fully saturated rings. The first-order chi connectivity index (χ1) is 10.3. The second-order valence-electron chi connectivity index (χ2n) is 5.09. The molecule has 0 spiro atoms. The maximum atomic E-state index is 12.5. The van der Waals surface area contributed by atoms with E-state index in [9.17, 15) is 4.79 Å². The molecule has 1 amide bonds. The number of hydrogen-bond acceptors (Lipinski definition) is 5. The zero-order valence-corrected chi connectivity index (χ0v) is 12.7. The number of nitrogens with zero attached hydrogens (tertiary/aromatic N) is 3. The number of likely N-dealkylation sites (tertiary alicyclic amines) is 1. The minimum Gasteiger partial charge on any atom is -0.494 e. The predicted molar refractivity (Wildman–Crippen MR) is 80.6 cm³/mol. The van der Waals surface area contributed by atoms with Crippen LogP contribution >= 0.6 is 11.3 Å². The topological polar surface area (TPSA) is 55.3 Å². The number of thiazole rings is 1. The summed E-state index contributed by atoms with van der Waals surface area (Å²) in [5, 5.41) is 3.14. The van der Waals surface area contributed by atoms with Gasteiger partial charge in [-0.15, -0.1) is 11.3 Å². The minimum atomic E-state index is -0.0471. The zero-order chi connectivity index (χ0) is 14.7. The van der Waals surface area contributed by atoms with Crippen LogP contribution in [0, 0.1) is 5.92 Å². The fourth-order valence-corrected chi connectivity index (χ4v) is 3.38. The molecular weight excluding hydrogens is 286 g/mol. The van der Waals surface area contributed by atoms with Crippen molar-refractivity contribution in [2.45, 2.75) is 12.8 Å². The molecule has 2 aromatic heterocycles. The third-order valence-corrected chi connectivity index (χ3v) is 4.51. The Hall–Kier alpha value is -1.95. The largest absolute Gasteiger partial charge is 0.494 e. The van der Waals surface area contributed by atoms with E-state index in [0.717, 1.165) is 30.9 Å². The van der Waals surface area contributed by atoms with Gasteiger partial charge in [0.25, 0.3) is 5.91 Å². The van der Waals surface area contributed by atoms with Crippen molar-refractivity contribution in [3.63, 3.8) is 0 Å². The average molecular weight is 303 g/mol. The van der Waals surface area contributed by atoms with E-state index in [1.54, 1.807) is 36.8 Å². The molecule has 1 aliphatic rings. The van der Waals surface area contributed by atoms with E-state index in [1.165, 1.54) is 0 Å². The van der Waals surface area contributed by atoms with Crippen LogP contribution in [0.3, 0.4) is 0 Å². The van der Waals surface area contributed by atoms with Gasteiger partial charge in [0.1, 0.15) is 5.75 Å². The van der Waals surface area contributed by atoms with Crippen molar-refractivity contribution in [2.24, 2.45) is 5.92 Å². The molecule has 0 bridgehead atoms. The normalized spacial score (nSPS) is 18.0. The summed E-state index contributed by atoms with van der Waals surface area (Å²) in [6.45, 7) is 1.53. The van der Waals surface area contributed by atoms with Crippen LogP contribution in [-0.2, 0) is 6.42 Å². The summed E-state index contributed by atoms with van der Waals surface area (Å²) in [5.74, 6) is 0.967. The van der Waals surface area contributed by atoms with Gasteiger partial charge in [0.2, 0.25) is 0 Å². The second kappa shape index (κ2) is 6.22. The van der Waals surface area contributed by atoms with Gasteiger partial charge in [-0.1, -0.05) is 0 Å². The summed E-state index contributed by atoms with van der Waals surface area (Å²) in [6, 6.07) is 3.54. The van der Waals surface area contributed by atoms with Crippen molar-refractivity contribution >= 4 is 17.2 Å². The van der Waals surface area contributed by atoms with E-state index >= 15 is 0 Å². The molecule has 0 aromatic carbocycles. The van der Waals surface area contributed by atoms with Gasteiger partial charge in [-0.2, -0.15) is 0 Å². The molecule has 110 valence electrons. The number of aromatic nitrogens is 2. The van der Waals surface area contributed by atoms with Gasteiger partial charge in [-0.25, -0.2) is 9.97 Å². The molecule has 3 heterocycles. The van der Waals surface area contributed by atoms with Gasteiger partial charge < -0.3 is 9.64 Å². The molecule has 1 unspecified atom stereocenters. The first-order valence-electron chi connectivity index (χ1n) is 6.94. The van der Waals surface area contributed by atoms with E-state index < -0.39 is 0 Å². The first kappa shape index (κ1) is 14.0. The third-order valence-electron chi connectivity index (χ3n) is 3.71. The van der Waals surface area contributed by atoms with E-state index in [-0.39, 0.29) is 5.91 Å². The highest BCUT2D eigenvalue weighted by atomic mass is 32.1. The zero-order valence-electron chi connectivity index (χ0n) is 11.9. The van der Waals surface area contributed by atoms with Crippen LogP contribution in [0.25, 0.3) is 0 Å². The Labute approximate surface area is 127 Å². The van der Waals surface area contributed by atoms with Crippen LogP contribution < -0.4 is 4.74 Å². The fourth-order valence-electron chi connectivity index (χ4n) is 2.65. The van der Waals surface area contributed by atoms with Crippen molar-refractivity contribution in [2.75, 3.05) is 20.2 Å². The van der Waals surface area contributed by atoms with E-state index in [1.807, 2.05) is 16.5 Å². The van der Waals surface area contributed by atoms with Gasteiger partial charge in [-0.05, 0) is 24.5 Å². The average Bonchev–Trinajstić information content (AvgIpc) is 3.19. The molecule has 1 aliphatic heterocycles. The second-order valence-corrected chi connectivity index (χ2v) is 6.07. The van der Waals surface area contributed by atoms with Crippen molar-refractivity contribution in [1.82, 2.24) is 14.9 Å². The molecule has 0 aliphatic carbocycles. The van der Waals surface area contributed by atoms with Gasteiger partial charge in [0.15, 0.2) is 5.69 Å². The summed E-state index contributed by atoms with van der Waals surface area (Å²) in [4.78, 5) is 22.9. The van der Waals surface area contributed by atoms with Crippen molar-refractivity contribution in [1.29, 1.82) is 0 Å². The highest BCUT2D eigenvalue weighted by Gasteiger charge is 2.29. The lowest BCUT2D eigenvalue weighted by atomic mass is 10.1. The number of carbonyl (C=O) groups is 1. The monoisotopic (exact) mass is 303 g/mol. The van der Waals surface area contributed by atoms with Crippen LogP contribution in [0.15, 0.2) is 29.9 Å². The molecule has 21 heavy (non-hydrogen) atoms. The van der Waals surface area contributed by atoms with Crippen LogP contribution in [0.5, 0.6) is 5.75 Å². The lowest BCUT2D eigenvalue weighted by molar-refractivity contribution is 0.0777. The summed E-state index contributed by atoms with van der Waals surface area (Å²) in [5.41, 5.74) is 0.398. The van der Waals surface area contributed by atoms with Crippen LogP contribution in [0.4, 0.5) is 0 Å². The Morgan fingerprint density at radius 2 is 2.38 bits per heavy atom. The van der Waals surface area contributed by atoms with Crippen molar-refractivity contribution in [3.8, 4) is 5.75 Å². The molecule has 0 N–H and O–H groups in total. The maximum Gasteiger partial charge on any atom is 0.276 e. The van der Waals surface area contributed by atoms with Crippen molar-refractivity contribution < 1.29 is 9.53 Å². The first-order valence-corrected chi connectivity index (χ1v) is 7.82. The lowest BCUT2D eigenvalue weighted by Crippen LogP contribution is -2.30. The lowest BCUT2D eigenvalue weighted by Gasteiger charge is -2.17. The number of carbonyl (C=O) groups excluding carboxylic acids is 1. The number of methoxy groups -OCH3 is 1. The van der Waals surface area contributed by atoms with Crippen molar-refractivity contribution in [3.05, 3.63) is 40.6 Å². The van der Waals surface area contributed by atoms with E-state index in [0.29, 0.717) is 17.4 Å². The quantitative estimate of drug-likeness (QED) is 0.869. The smallest absolute Gasteiger partial charge is 0.276 e. The third kappa shape index (κ3) is 3.05. The van der Waals surface area contributed by atoms with Crippen LogP contribution in [-0.4, -0.2) is 41.0 Å². The van der Waals surface area contributed by atoms with Gasteiger partial charge in [-0.3, -0.25) is 4.79 Å². The summed E-state index contributed by atoms with van der Waals surface area (Å²) >= 11 is 1.67. The number of amides is 1. The molecule has 0 saturated carbocycles. The molecule has 1 saturated heterocycles. The van der Waals surface area contributed by atoms with Crippen LogP contribution in [0.2, 0.25) is 0 Å². The molecule has 5 nitrogen and oxygen atoms in total. The molecular formula is C15H17N3O2S. The fraction of sp³-hybridized carbons (Fsp3) is 0.400. The highest BCUT2D eigenvalue weighted by Crippen LogP contribution is 2.25. The summed E-state index contributed by atoms with van der Waals surface area (Å²) in [7, 11) is 1.56. The standard InChI is InChI=1S/C15H17N3O2S/c1-20-12-3-2-5-17-14(12)15(19)18-7-4-11(10-18)9-13-16-6-8-21-13/h2-3,5-6,8,11H,4,7,9-10H2,1H3. The number of pyridine rings is 1. The Balaban J connectivity index is 1.66. The molecule has 1 atom stereocenters. The minimum absolute atomic E-state index is 0.0471. The summed E-state index contributed by atoms with van der Waals surface area (Å²) < 4.78 is 5.22. The number of rotatable bonds is 4. The van der Waals surface area contributed by atoms with E-state index in [2.05, 4.69) is 9.97 Å². The predicted octanol–water partition coefficient (Wildman–Crippen LogP) is 2.25. The number of ether oxygens (including phenoxy) is 1. The van der Waals surface area contributed by atoms with Gasteiger partial charge in [0.05, 0.1) is 12.1 Å². The Bertz CT molecular complexity index is 615. The number of hydrogen-bond donors (Lipinski definition) is 0. The Kier molecular flexibility index (Phi) is 4.15. The Morgan fingerprint density at radius 3 is 3.14 bits per heavy atom. The summed E-state index contributed by atoms with van der Waals surface area (Å²) in [6.07, 6.45) is 5.41.